The number of hydrogen-bond donors (Lipinski definition) is 3. The van der Waals surface area contributed by atoms with Crippen LogP contribution in [0.2, 0.25) is 0 Å². The molecular formula is C22H33N5O2. The fourth-order valence-corrected chi connectivity index (χ4v) is 3.85. The minimum atomic E-state index is -0.162. The number of piperazine rings is 1. The van der Waals surface area contributed by atoms with E-state index >= 15 is 0 Å². The standard InChI is InChI=1S/C22H33N5O2/c1-16(2)25-21(28)15-26-10-12-27(13-11-26)17(3)22(29)23-9-8-18-14-24-20-7-5-4-6-19(18)20/h4-7,14,16-17,24H,8-13,15H2,1-3H3,(H,23,29)(H,25,28). The van der Waals surface area contributed by atoms with Crippen molar-refractivity contribution in [1.82, 2.24) is 25.4 Å². The van der Waals surface area contributed by atoms with Gasteiger partial charge in [0.1, 0.15) is 0 Å². The third-order valence-electron chi connectivity index (χ3n) is 5.52. The first-order valence-corrected chi connectivity index (χ1v) is 10.5. The number of rotatable bonds is 8. The van der Waals surface area contributed by atoms with Gasteiger partial charge in [0.25, 0.3) is 0 Å². The van der Waals surface area contributed by atoms with Gasteiger partial charge in [-0.15, -0.1) is 0 Å². The van der Waals surface area contributed by atoms with Crippen molar-refractivity contribution in [2.45, 2.75) is 39.3 Å². The van der Waals surface area contributed by atoms with Crippen LogP contribution in [0.25, 0.3) is 10.9 Å². The summed E-state index contributed by atoms with van der Waals surface area (Å²) in [6.45, 7) is 10.2. The average Bonchev–Trinajstić information content (AvgIpc) is 3.10. The first-order chi connectivity index (χ1) is 13.9. The molecule has 0 spiro atoms. The zero-order valence-electron chi connectivity index (χ0n) is 17.7. The van der Waals surface area contributed by atoms with Gasteiger partial charge in [0, 0.05) is 55.9 Å². The predicted octanol–water partition coefficient (Wildman–Crippen LogP) is 1.36. The summed E-state index contributed by atoms with van der Waals surface area (Å²) in [4.78, 5) is 32.1. The number of hydrogen-bond acceptors (Lipinski definition) is 4. The highest BCUT2D eigenvalue weighted by atomic mass is 16.2. The van der Waals surface area contributed by atoms with E-state index in [1.54, 1.807) is 0 Å². The van der Waals surface area contributed by atoms with Crippen molar-refractivity contribution in [3.63, 3.8) is 0 Å². The second-order valence-electron chi connectivity index (χ2n) is 8.11. The van der Waals surface area contributed by atoms with Crippen LogP contribution in [0.3, 0.4) is 0 Å². The molecule has 158 valence electrons. The summed E-state index contributed by atoms with van der Waals surface area (Å²) < 4.78 is 0. The number of aromatic nitrogens is 1. The monoisotopic (exact) mass is 399 g/mol. The number of para-hydroxylation sites is 1. The first kappa shape index (κ1) is 21.3. The molecule has 3 N–H and O–H groups in total. The average molecular weight is 400 g/mol. The Kier molecular flexibility index (Phi) is 7.28. The molecule has 29 heavy (non-hydrogen) atoms. The van der Waals surface area contributed by atoms with Crippen molar-refractivity contribution in [1.29, 1.82) is 0 Å². The molecule has 0 aliphatic carbocycles. The van der Waals surface area contributed by atoms with Crippen LogP contribution in [-0.2, 0) is 16.0 Å². The van der Waals surface area contributed by atoms with Crippen LogP contribution in [0.15, 0.2) is 30.5 Å². The molecule has 7 heteroatoms. The molecule has 1 aliphatic rings. The molecule has 1 fully saturated rings. The van der Waals surface area contributed by atoms with Gasteiger partial charge in [-0.05, 0) is 38.8 Å². The van der Waals surface area contributed by atoms with Crippen molar-refractivity contribution in [2.75, 3.05) is 39.3 Å². The third kappa shape index (κ3) is 5.81. The minimum absolute atomic E-state index is 0.0656. The number of nitrogens with zero attached hydrogens (tertiary/aromatic N) is 2. The quantitative estimate of drug-likeness (QED) is 0.626. The van der Waals surface area contributed by atoms with Gasteiger partial charge in [0.15, 0.2) is 0 Å². The van der Waals surface area contributed by atoms with E-state index in [0.29, 0.717) is 13.1 Å². The van der Waals surface area contributed by atoms with Gasteiger partial charge in [-0.3, -0.25) is 19.4 Å². The molecule has 1 saturated heterocycles. The highest BCUT2D eigenvalue weighted by molar-refractivity contribution is 5.83. The SMILES string of the molecule is CC(C)NC(=O)CN1CCN(C(C)C(=O)NCCc2c[nH]c3ccccc23)CC1. The maximum Gasteiger partial charge on any atom is 0.237 e. The lowest BCUT2D eigenvalue weighted by molar-refractivity contribution is -0.128. The highest BCUT2D eigenvalue weighted by Gasteiger charge is 2.26. The summed E-state index contributed by atoms with van der Waals surface area (Å²) in [5, 5.41) is 7.22. The van der Waals surface area contributed by atoms with E-state index in [1.807, 2.05) is 39.1 Å². The lowest BCUT2D eigenvalue weighted by Gasteiger charge is -2.37. The van der Waals surface area contributed by atoms with Crippen LogP contribution in [0.5, 0.6) is 0 Å². The van der Waals surface area contributed by atoms with Crippen molar-refractivity contribution in [3.8, 4) is 0 Å². The highest BCUT2D eigenvalue weighted by Crippen LogP contribution is 2.17. The summed E-state index contributed by atoms with van der Waals surface area (Å²) in [7, 11) is 0. The van der Waals surface area contributed by atoms with Gasteiger partial charge in [-0.2, -0.15) is 0 Å². The summed E-state index contributed by atoms with van der Waals surface area (Å²) in [6, 6.07) is 8.22. The number of benzene rings is 1. The number of carbonyl (C=O) groups excluding carboxylic acids is 2. The van der Waals surface area contributed by atoms with E-state index in [0.717, 1.165) is 38.1 Å². The molecule has 2 amide bonds. The molecule has 1 aromatic heterocycles. The maximum atomic E-state index is 12.6. The van der Waals surface area contributed by atoms with Crippen molar-refractivity contribution in [3.05, 3.63) is 36.0 Å². The normalized spacial score (nSPS) is 16.8. The summed E-state index contributed by atoms with van der Waals surface area (Å²) in [6.07, 6.45) is 2.83. The second-order valence-corrected chi connectivity index (χ2v) is 8.11. The van der Waals surface area contributed by atoms with Crippen molar-refractivity contribution < 1.29 is 9.59 Å². The molecule has 2 aromatic rings. The zero-order valence-corrected chi connectivity index (χ0v) is 17.7. The van der Waals surface area contributed by atoms with Crippen LogP contribution < -0.4 is 10.6 Å². The molecule has 0 saturated carbocycles. The second kappa shape index (κ2) is 9.89. The van der Waals surface area contributed by atoms with E-state index < -0.39 is 0 Å². The Morgan fingerprint density at radius 1 is 1.10 bits per heavy atom. The van der Waals surface area contributed by atoms with Gasteiger partial charge >= 0.3 is 0 Å². The lowest BCUT2D eigenvalue weighted by atomic mass is 10.1. The molecule has 1 atom stereocenters. The van der Waals surface area contributed by atoms with Gasteiger partial charge in [-0.25, -0.2) is 0 Å². The summed E-state index contributed by atoms with van der Waals surface area (Å²) >= 11 is 0. The van der Waals surface area contributed by atoms with E-state index in [1.165, 1.54) is 10.9 Å². The Labute approximate surface area is 172 Å². The molecule has 3 rings (SSSR count). The predicted molar refractivity (Wildman–Crippen MR) is 116 cm³/mol. The fourth-order valence-electron chi connectivity index (χ4n) is 3.85. The Bertz CT molecular complexity index is 823. The van der Waals surface area contributed by atoms with Crippen LogP contribution >= 0.6 is 0 Å². The van der Waals surface area contributed by atoms with Crippen molar-refractivity contribution in [2.24, 2.45) is 0 Å². The molecule has 7 nitrogen and oxygen atoms in total. The van der Waals surface area contributed by atoms with Gasteiger partial charge < -0.3 is 15.6 Å². The Hall–Kier alpha value is -2.38. The Balaban J connectivity index is 1.40. The Morgan fingerprint density at radius 2 is 1.83 bits per heavy atom. The van der Waals surface area contributed by atoms with Crippen molar-refractivity contribution >= 4 is 22.7 Å². The number of fused-ring (bicyclic) bond motifs is 1. The fraction of sp³-hybridized carbons (Fsp3) is 0.545. The Morgan fingerprint density at radius 3 is 2.55 bits per heavy atom. The minimum Gasteiger partial charge on any atom is -0.361 e. The number of nitrogens with one attached hydrogen (secondary N) is 3. The maximum absolute atomic E-state index is 12.6. The van der Waals surface area contributed by atoms with Crippen LogP contribution in [0.1, 0.15) is 26.3 Å². The molecule has 1 aliphatic heterocycles. The van der Waals surface area contributed by atoms with E-state index in [-0.39, 0.29) is 23.9 Å². The van der Waals surface area contributed by atoms with Crippen LogP contribution in [0, 0.1) is 0 Å². The first-order valence-electron chi connectivity index (χ1n) is 10.5. The topological polar surface area (TPSA) is 80.5 Å². The molecule has 0 radical (unpaired) electrons. The van der Waals surface area contributed by atoms with Crippen LogP contribution in [0.4, 0.5) is 0 Å². The molecule has 2 heterocycles. The molecule has 1 unspecified atom stereocenters. The summed E-state index contributed by atoms with van der Waals surface area (Å²) in [5.74, 6) is 0.132. The smallest absolute Gasteiger partial charge is 0.237 e. The van der Waals surface area contributed by atoms with E-state index in [4.69, 9.17) is 0 Å². The molecular weight excluding hydrogens is 366 g/mol. The number of carbonyl (C=O) groups is 2. The van der Waals surface area contributed by atoms with Gasteiger partial charge in [0.05, 0.1) is 12.6 Å². The van der Waals surface area contributed by atoms with Gasteiger partial charge in [0.2, 0.25) is 11.8 Å². The third-order valence-corrected chi connectivity index (χ3v) is 5.52. The molecule has 0 bridgehead atoms. The molecule has 1 aromatic carbocycles. The number of amides is 2. The summed E-state index contributed by atoms with van der Waals surface area (Å²) in [5.41, 5.74) is 2.35. The number of H-pyrrole nitrogens is 1. The number of aromatic amines is 1. The van der Waals surface area contributed by atoms with E-state index in [9.17, 15) is 9.59 Å². The van der Waals surface area contributed by atoms with E-state index in [2.05, 4.69) is 37.6 Å². The zero-order chi connectivity index (χ0) is 20.8. The lowest BCUT2D eigenvalue weighted by Crippen LogP contribution is -2.55. The van der Waals surface area contributed by atoms with Gasteiger partial charge in [-0.1, -0.05) is 18.2 Å². The van der Waals surface area contributed by atoms with Crippen LogP contribution in [-0.4, -0.2) is 78.0 Å². The largest absolute Gasteiger partial charge is 0.361 e.